The van der Waals surface area contributed by atoms with Crippen LogP contribution in [0, 0.1) is 0 Å². The first-order chi connectivity index (χ1) is 0. The van der Waals surface area contributed by atoms with E-state index in [1.54, 1.807) is 0 Å². The second-order valence-corrected chi connectivity index (χ2v) is 0. The molecular formula is H16B4F4. The molecule has 56 valence electrons. The molecule has 0 saturated carbocycles. The maximum absolute atomic E-state index is 0. The van der Waals surface area contributed by atoms with Gasteiger partial charge in [0.1, 0.15) is 0 Å². The van der Waals surface area contributed by atoms with Crippen LogP contribution in [0.1, 0.15) is 0 Å². The molecule has 0 aromatic carbocycles. The zero-order valence-corrected chi connectivity index (χ0v) is 1.63. The lowest BCUT2D eigenvalue weighted by molar-refractivity contribution is 1.11. The van der Waals surface area contributed by atoms with E-state index < -0.39 is 0 Å². The minimum atomic E-state index is 0. The van der Waals surface area contributed by atoms with Crippen molar-refractivity contribution in [1.29, 1.82) is 0 Å². The smallest absolute Gasteiger partial charge is 0.0814 e. The molecule has 0 rings (SSSR count). The highest BCUT2D eigenvalue weighted by molar-refractivity contribution is 5.76. The van der Waals surface area contributed by atoms with Crippen molar-refractivity contribution in [2.75, 3.05) is 0 Å². The molecule has 0 saturated heterocycles. The van der Waals surface area contributed by atoms with Crippen molar-refractivity contribution in [3.63, 3.8) is 0 Å². The Balaban J connectivity index is 0. The van der Waals surface area contributed by atoms with Crippen molar-refractivity contribution in [3.8, 4) is 0 Å². The summed E-state index contributed by atoms with van der Waals surface area (Å²) in [6, 6.07) is 0. The average molecular weight is 135 g/mol. The van der Waals surface area contributed by atoms with Gasteiger partial charge in [-0.05, 0) is 0 Å². The van der Waals surface area contributed by atoms with E-state index in [1.165, 1.54) is 0 Å². The first-order valence-electron chi connectivity index (χ1n) is 0. The SMILES string of the molecule is B.B.B.B.F.F.F.F. The molecule has 0 radical (unpaired) electrons. The van der Waals surface area contributed by atoms with Gasteiger partial charge in [-0.25, -0.2) is 0 Å². The maximum atomic E-state index is 0. The summed E-state index contributed by atoms with van der Waals surface area (Å²) < 4.78 is 0. The van der Waals surface area contributed by atoms with Crippen molar-refractivity contribution in [1.82, 2.24) is 0 Å². The Morgan fingerprint density at radius 3 is 0.250 bits per heavy atom. The van der Waals surface area contributed by atoms with Crippen LogP contribution in [0.25, 0.3) is 0 Å². The molecule has 0 unspecified atom stereocenters. The lowest BCUT2D eigenvalue weighted by atomic mass is 10.8. The molecule has 0 aromatic rings. The Hall–Kier alpha value is -0.0203. The lowest BCUT2D eigenvalue weighted by Crippen LogP contribution is -0.382. The van der Waals surface area contributed by atoms with Crippen LogP contribution in [0.15, 0.2) is 0 Å². The average Bonchev–Trinajstić information content (AvgIpc) is 0. The predicted molar refractivity (Wildman–Crippen MR) is 49.8 cm³/mol. The van der Waals surface area contributed by atoms with Crippen LogP contribution in [0.4, 0.5) is 18.8 Å². The molecule has 0 fully saturated rings. The standard InChI is InChI=1S/4BH3.4FH/h4*1H3;4*1H. The molecule has 0 aromatic heterocycles. The minimum absolute atomic E-state index is 0. The van der Waals surface area contributed by atoms with Crippen molar-refractivity contribution in [3.05, 3.63) is 0 Å². The zero-order valence-electron chi connectivity index (χ0n) is 1.63. The van der Waals surface area contributed by atoms with Crippen LogP contribution in [0.5, 0.6) is 0 Å². The van der Waals surface area contributed by atoms with Gasteiger partial charge in [0, 0.05) is 0 Å². The molecule has 0 aliphatic rings. The van der Waals surface area contributed by atoms with E-state index in [-0.39, 0.29) is 52.5 Å². The third-order valence-corrected chi connectivity index (χ3v) is 0. The van der Waals surface area contributed by atoms with Gasteiger partial charge in [0.25, 0.3) is 0 Å². The molecule has 0 atom stereocenters. The van der Waals surface area contributed by atoms with Gasteiger partial charge >= 0.3 is 0 Å². The summed E-state index contributed by atoms with van der Waals surface area (Å²) in [5.41, 5.74) is 0. The third kappa shape index (κ3) is 361000. The fraction of sp³-hybridized carbons (Fsp3) is 0. The van der Waals surface area contributed by atoms with Gasteiger partial charge < -0.3 is 0 Å². The van der Waals surface area contributed by atoms with Crippen LogP contribution < -0.4 is 0 Å². The van der Waals surface area contributed by atoms with Crippen molar-refractivity contribution in [2.24, 2.45) is 0 Å². The summed E-state index contributed by atoms with van der Waals surface area (Å²) in [5, 5.41) is 0. The van der Waals surface area contributed by atoms with Crippen LogP contribution in [0.2, 0.25) is 0 Å². The monoisotopic (exact) mass is 136 g/mol. The van der Waals surface area contributed by atoms with Crippen molar-refractivity contribution >= 4 is 33.7 Å². The largest absolute Gasteiger partial charge is 0.269 e. The molecule has 0 nitrogen and oxygen atoms in total. The Morgan fingerprint density at radius 1 is 0.250 bits per heavy atom. The summed E-state index contributed by atoms with van der Waals surface area (Å²) in [6.07, 6.45) is 0. The molecule has 0 amide bonds. The van der Waals surface area contributed by atoms with Gasteiger partial charge in [-0.2, -0.15) is 0 Å². The normalized spacial score (nSPS) is 0. The Bertz CT molecular complexity index is 8.00. The fourth-order valence-corrected chi connectivity index (χ4v) is 0. The molecule has 8 heteroatoms. The molecule has 0 spiro atoms. The van der Waals surface area contributed by atoms with Crippen molar-refractivity contribution < 1.29 is 18.8 Å². The first-order valence-corrected chi connectivity index (χ1v) is 0. The Morgan fingerprint density at radius 2 is 0.250 bits per heavy atom. The van der Waals surface area contributed by atoms with Crippen LogP contribution in [-0.4, -0.2) is 33.7 Å². The highest BCUT2D eigenvalue weighted by atomic mass is 19.0. The van der Waals surface area contributed by atoms with Gasteiger partial charge in [-0.1, -0.05) is 0 Å². The molecule has 0 aliphatic carbocycles. The van der Waals surface area contributed by atoms with E-state index in [0.717, 1.165) is 0 Å². The zero-order chi connectivity index (χ0) is 0. The molecule has 8 heavy (non-hydrogen) atoms. The highest BCUT2D eigenvalue weighted by Gasteiger charge is 0.0845. The quantitative estimate of drug-likeness (QED) is 0.234. The third-order valence-electron chi connectivity index (χ3n) is 0. The summed E-state index contributed by atoms with van der Waals surface area (Å²) >= 11 is 0. The Kier molecular flexibility index (Phi) is 72000000000. The summed E-state index contributed by atoms with van der Waals surface area (Å²) in [5.74, 6) is 0. The number of halogens is 4. The topological polar surface area (TPSA) is 0 Å². The number of hydrogen-bond acceptors (Lipinski definition) is 0. The van der Waals surface area contributed by atoms with Gasteiger partial charge in [-0.15, -0.1) is 0 Å². The van der Waals surface area contributed by atoms with Crippen molar-refractivity contribution in [2.45, 2.75) is 0 Å². The highest BCUT2D eigenvalue weighted by Crippen LogP contribution is 0.423. The van der Waals surface area contributed by atoms with E-state index in [0.29, 0.717) is 0 Å². The van der Waals surface area contributed by atoms with Crippen LogP contribution >= 0.6 is 0 Å². The lowest BCUT2D eigenvalue weighted by Gasteiger charge is -0.270. The summed E-state index contributed by atoms with van der Waals surface area (Å²) in [6.45, 7) is 0. The van der Waals surface area contributed by atoms with Gasteiger partial charge in [-0.3, -0.25) is 18.8 Å². The number of hydrogen-bond donors (Lipinski definition) is 0. The Labute approximate surface area is 53.6 Å². The van der Waals surface area contributed by atoms with E-state index in [9.17, 15) is 0 Å². The second-order valence-electron chi connectivity index (χ2n) is 0. The molecule has 0 aliphatic heterocycles. The first kappa shape index (κ1) is 947000. The van der Waals surface area contributed by atoms with Gasteiger partial charge in [0.2, 0.25) is 0 Å². The second kappa shape index (κ2) is 608000. The van der Waals surface area contributed by atoms with E-state index in [2.05, 4.69) is 0 Å². The predicted octanol–water partition coefficient (Wildman–Crippen LogP) is -4.13. The number of rotatable bonds is 0. The van der Waals surface area contributed by atoms with E-state index in [1.807, 2.05) is 0 Å². The summed E-state index contributed by atoms with van der Waals surface area (Å²) in [7, 11) is 0. The maximum Gasteiger partial charge on any atom is 0.0814 e. The fourth-order valence-electron chi connectivity index (χ4n) is 0. The van der Waals surface area contributed by atoms with Crippen LogP contribution in [0.3, 0.4) is 0 Å². The van der Waals surface area contributed by atoms with Gasteiger partial charge in [0.15, 0.2) is 0 Å². The molecular weight excluding hydrogens is 119 g/mol. The van der Waals surface area contributed by atoms with E-state index >= 15 is 0 Å². The van der Waals surface area contributed by atoms with Gasteiger partial charge in [0.05, 0.1) is 33.7 Å². The molecule has 0 bridgehead atoms. The van der Waals surface area contributed by atoms with E-state index in [4.69, 9.17) is 0 Å². The minimum Gasteiger partial charge on any atom is -0.269 e. The van der Waals surface area contributed by atoms with Crippen LogP contribution in [-0.2, 0) is 0 Å². The molecule has 0 heterocycles. The summed E-state index contributed by atoms with van der Waals surface area (Å²) in [4.78, 5) is 0. The molecule has 0 N–H and O–H groups in total.